The zero-order valence-corrected chi connectivity index (χ0v) is 11.8. The topological polar surface area (TPSA) is 27.1 Å². The predicted molar refractivity (Wildman–Crippen MR) is 81.7 cm³/mol. The van der Waals surface area contributed by atoms with Crippen molar-refractivity contribution in [3.63, 3.8) is 0 Å². The first-order chi connectivity index (χ1) is 9.86. The SMILES string of the molecule is [CH2]Cn1cc(-c2ccsc2)c(OCc2ccccc2)n1. The van der Waals surface area contributed by atoms with Crippen LogP contribution in [0.4, 0.5) is 0 Å². The molecular formula is C16H15N2OS. The molecule has 3 aromatic rings. The van der Waals surface area contributed by atoms with E-state index in [4.69, 9.17) is 4.74 Å². The average Bonchev–Trinajstić information content (AvgIpc) is 3.15. The fourth-order valence-electron chi connectivity index (χ4n) is 1.97. The maximum Gasteiger partial charge on any atom is 0.241 e. The lowest BCUT2D eigenvalue weighted by Crippen LogP contribution is -1.98. The van der Waals surface area contributed by atoms with Crippen LogP contribution in [0.25, 0.3) is 11.1 Å². The van der Waals surface area contributed by atoms with Crippen LogP contribution in [-0.4, -0.2) is 9.78 Å². The highest BCUT2D eigenvalue weighted by atomic mass is 32.1. The van der Waals surface area contributed by atoms with Crippen LogP contribution in [0.15, 0.2) is 53.4 Å². The van der Waals surface area contributed by atoms with Crippen molar-refractivity contribution in [3.8, 4) is 17.0 Å². The molecule has 3 nitrogen and oxygen atoms in total. The van der Waals surface area contributed by atoms with Crippen molar-refractivity contribution in [1.82, 2.24) is 9.78 Å². The fourth-order valence-corrected chi connectivity index (χ4v) is 2.62. The average molecular weight is 283 g/mol. The molecule has 20 heavy (non-hydrogen) atoms. The second-order valence-electron chi connectivity index (χ2n) is 4.40. The third-order valence-electron chi connectivity index (χ3n) is 3.01. The van der Waals surface area contributed by atoms with Gasteiger partial charge in [-0.3, -0.25) is 4.68 Å². The van der Waals surface area contributed by atoms with Gasteiger partial charge >= 0.3 is 0 Å². The molecule has 1 radical (unpaired) electrons. The van der Waals surface area contributed by atoms with Crippen molar-refractivity contribution in [2.75, 3.05) is 0 Å². The molecule has 0 aliphatic rings. The van der Waals surface area contributed by atoms with Crippen molar-refractivity contribution >= 4 is 11.3 Å². The first kappa shape index (κ1) is 12.9. The van der Waals surface area contributed by atoms with Crippen LogP contribution in [0.1, 0.15) is 5.56 Å². The Morgan fingerprint density at radius 2 is 2.05 bits per heavy atom. The Hall–Kier alpha value is -2.07. The highest BCUT2D eigenvalue weighted by Gasteiger charge is 2.12. The molecule has 0 amide bonds. The molecule has 0 saturated carbocycles. The molecular weight excluding hydrogens is 268 g/mol. The molecule has 101 valence electrons. The van der Waals surface area contributed by atoms with Crippen LogP contribution in [0.3, 0.4) is 0 Å². The zero-order chi connectivity index (χ0) is 13.8. The summed E-state index contributed by atoms with van der Waals surface area (Å²) in [5, 5.41) is 8.59. The van der Waals surface area contributed by atoms with Gasteiger partial charge in [-0.05, 0) is 34.9 Å². The zero-order valence-electron chi connectivity index (χ0n) is 11.0. The number of aromatic nitrogens is 2. The van der Waals surface area contributed by atoms with Crippen LogP contribution in [0.2, 0.25) is 0 Å². The van der Waals surface area contributed by atoms with E-state index in [0.717, 1.165) is 16.7 Å². The minimum Gasteiger partial charge on any atom is -0.471 e. The van der Waals surface area contributed by atoms with Crippen molar-refractivity contribution in [1.29, 1.82) is 0 Å². The number of thiophene rings is 1. The first-order valence-corrected chi connectivity index (χ1v) is 7.37. The number of nitrogens with zero attached hydrogens (tertiary/aromatic N) is 2. The number of hydrogen-bond acceptors (Lipinski definition) is 3. The van der Waals surface area contributed by atoms with Crippen LogP contribution in [-0.2, 0) is 13.2 Å². The molecule has 1 aromatic carbocycles. The summed E-state index contributed by atoms with van der Waals surface area (Å²) in [6.07, 6.45) is 1.98. The van der Waals surface area contributed by atoms with Crippen LogP contribution >= 0.6 is 11.3 Å². The summed E-state index contributed by atoms with van der Waals surface area (Å²) in [7, 11) is 0. The summed E-state index contributed by atoms with van der Waals surface area (Å²) in [6, 6.07) is 12.2. The smallest absolute Gasteiger partial charge is 0.241 e. The van der Waals surface area contributed by atoms with Gasteiger partial charge in [0, 0.05) is 12.7 Å². The van der Waals surface area contributed by atoms with E-state index < -0.39 is 0 Å². The molecule has 0 N–H and O–H groups in total. The van der Waals surface area contributed by atoms with E-state index in [1.165, 1.54) is 0 Å². The van der Waals surface area contributed by atoms with Gasteiger partial charge in [0.1, 0.15) is 6.61 Å². The van der Waals surface area contributed by atoms with E-state index >= 15 is 0 Å². The van der Waals surface area contributed by atoms with Gasteiger partial charge in [-0.2, -0.15) is 11.3 Å². The van der Waals surface area contributed by atoms with Crippen LogP contribution in [0, 0.1) is 6.92 Å². The molecule has 0 atom stereocenters. The van der Waals surface area contributed by atoms with E-state index in [-0.39, 0.29) is 0 Å². The normalized spacial score (nSPS) is 10.7. The van der Waals surface area contributed by atoms with Gasteiger partial charge in [-0.25, -0.2) is 0 Å². The van der Waals surface area contributed by atoms with Crippen LogP contribution < -0.4 is 4.74 Å². The number of rotatable bonds is 5. The molecule has 4 heteroatoms. The lowest BCUT2D eigenvalue weighted by molar-refractivity contribution is 0.291. The molecule has 0 fully saturated rings. The van der Waals surface area contributed by atoms with Crippen molar-refractivity contribution < 1.29 is 4.74 Å². The van der Waals surface area contributed by atoms with E-state index in [1.54, 1.807) is 16.0 Å². The highest BCUT2D eigenvalue weighted by molar-refractivity contribution is 7.08. The van der Waals surface area contributed by atoms with Gasteiger partial charge in [-0.1, -0.05) is 30.3 Å². The standard InChI is InChI=1S/C16H15N2OS/c1-2-18-10-15(14-8-9-20-12-14)16(17-18)19-11-13-6-4-3-5-7-13/h3-10,12H,1-2,11H2. The molecule has 0 bridgehead atoms. The summed E-state index contributed by atoms with van der Waals surface area (Å²) in [5.74, 6) is 0.663. The van der Waals surface area contributed by atoms with Crippen molar-refractivity contribution in [2.45, 2.75) is 13.2 Å². The maximum atomic E-state index is 5.87. The Morgan fingerprint density at radius 3 is 2.75 bits per heavy atom. The van der Waals surface area contributed by atoms with E-state index in [0.29, 0.717) is 19.0 Å². The lowest BCUT2D eigenvalue weighted by atomic mass is 10.2. The third kappa shape index (κ3) is 2.75. The van der Waals surface area contributed by atoms with Gasteiger partial charge in [-0.15, -0.1) is 5.10 Å². The molecule has 3 rings (SSSR count). The van der Waals surface area contributed by atoms with Gasteiger partial charge < -0.3 is 4.74 Å². The second kappa shape index (κ2) is 5.92. The van der Waals surface area contributed by atoms with Crippen molar-refractivity contribution in [2.24, 2.45) is 0 Å². The summed E-state index contributed by atoms with van der Waals surface area (Å²) in [6.45, 7) is 4.97. The summed E-state index contributed by atoms with van der Waals surface area (Å²) in [4.78, 5) is 0. The minimum atomic E-state index is 0.520. The third-order valence-corrected chi connectivity index (χ3v) is 3.69. The Labute approximate surface area is 122 Å². The number of benzene rings is 1. The van der Waals surface area contributed by atoms with Gasteiger partial charge in [0.15, 0.2) is 0 Å². The van der Waals surface area contributed by atoms with Gasteiger partial charge in [0.05, 0.1) is 5.56 Å². The summed E-state index contributed by atoms with van der Waals surface area (Å²) in [5.41, 5.74) is 3.29. The Balaban J connectivity index is 1.83. The minimum absolute atomic E-state index is 0.520. The van der Waals surface area contributed by atoms with E-state index in [9.17, 15) is 0 Å². The Morgan fingerprint density at radius 1 is 1.20 bits per heavy atom. The lowest BCUT2D eigenvalue weighted by Gasteiger charge is -2.04. The van der Waals surface area contributed by atoms with Gasteiger partial charge in [0.2, 0.25) is 5.88 Å². The number of ether oxygens (including phenoxy) is 1. The number of hydrogen-bond donors (Lipinski definition) is 0. The van der Waals surface area contributed by atoms with E-state index in [2.05, 4.69) is 28.8 Å². The largest absolute Gasteiger partial charge is 0.471 e. The van der Waals surface area contributed by atoms with Gasteiger partial charge in [0.25, 0.3) is 0 Å². The molecule has 0 aliphatic carbocycles. The maximum absolute atomic E-state index is 5.87. The van der Waals surface area contributed by atoms with Crippen LogP contribution in [0.5, 0.6) is 5.88 Å². The molecule has 0 aliphatic heterocycles. The van der Waals surface area contributed by atoms with Crippen molar-refractivity contribution in [3.05, 3.63) is 65.8 Å². The molecule has 0 spiro atoms. The predicted octanol–water partition coefficient (Wildman–Crippen LogP) is 4.02. The molecule has 0 unspecified atom stereocenters. The quantitative estimate of drug-likeness (QED) is 0.707. The molecule has 0 saturated heterocycles. The second-order valence-corrected chi connectivity index (χ2v) is 5.18. The summed E-state index contributed by atoms with van der Waals surface area (Å²) < 4.78 is 7.67. The monoisotopic (exact) mass is 283 g/mol. The Kier molecular flexibility index (Phi) is 3.83. The highest BCUT2D eigenvalue weighted by Crippen LogP contribution is 2.30. The molecule has 2 aromatic heterocycles. The molecule has 2 heterocycles. The fraction of sp³-hybridized carbons (Fsp3) is 0.125. The first-order valence-electron chi connectivity index (χ1n) is 6.43. The summed E-state index contributed by atoms with van der Waals surface area (Å²) >= 11 is 1.67. The Bertz CT molecular complexity index is 659. The van der Waals surface area contributed by atoms with E-state index in [1.807, 2.05) is 36.5 Å².